The molecule has 0 aliphatic carbocycles. The number of hydrogen-bond donors (Lipinski definition) is 0. The first kappa shape index (κ1) is 6.79. The number of alkyl halides is 3. The summed E-state index contributed by atoms with van der Waals surface area (Å²) >= 11 is 0. The van der Waals surface area contributed by atoms with Gasteiger partial charge in [-0.25, -0.2) is 13.2 Å². The fourth-order valence-corrected chi connectivity index (χ4v) is 0. The van der Waals surface area contributed by atoms with Crippen LogP contribution < -0.4 is 0 Å². The van der Waals surface area contributed by atoms with Gasteiger partial charge in [-0.2, -0.15) is 0 Å². The highest BCUT2D eigenvalue weighted by atomic mass is 19.3. The van der Waals surface area contributed by atoms with Gasteiger partial charge in [0, 0.05) is 6.92 Å². The third-order valence-electron chi connectivity index (χ3n) is 0.698. The molecule has 1 atom stereocenters. The third-order valence-corrected chi connectivity index (χ3v) is 0.698. The molecule has 0 rings (SSSR count). The van der Waals surface area contributed by atoms with Crippen molar-refractivity contribution in [3.8, 4) is 0 Å². The SMILES string of the molecule is C[C@@H](F)C(C)(F)F. The average Bonchev–Trinajstić information content (AvgIpc) is 1.31. The van der Waals surface area contributed by atoms with Gasteiger partial charge in [-0.05, 0) is 6.92 Å². The van der Waals surface area contributed by atoms with E-state index in [2.05, 4.69) is 0 Å². The van der Waals surface area contributed by atoms with Crippen LogP contribution >= 0.6 is 0 Å². The van der Waals surface area contributed by atoms with Crippen LogP contribution in [0.25, 0.3) is 0 Å². The Bertz CT molecular complexity index is 52.4. The molecule has 0 saturated heterocycles. The lowest BCUT2D eigenvalue weighted by Gasteiger charge is -2.09. The predicted molar refractivity (Wildman–Crippen MR) is 21.2 cm³/mol. The van der Waals surface area contributed by atoms with Gasteiger partial charge in [-0.3, -0.25) is 0 Å². The number of hydrogen-bond acceptors (Lipinski definition) is 0. The third kappa shape index (κ3) is 2.48. The van der Waals surface area contributed by atoms with Crippen LogP contribution in [0.4, 0.5) is 13.2 Å². The number of rotatable bonds is 1. The molecule has 0 aliphatic rings. The summed E-state index contributed by atoms with van der Waals surface area (Å²) in [5, 5.41) is 0. The van der Waals surface area contributed by atoms with Gasteiger partial charge in [0.1, 0.15) is 0 Å². The van der Waals surface area contributed by atoms with Gasteiger partial charge in [0.25, 0.3) is 5.92 Å². The first-order valence-corrected chi connectivity index (χ1v) is 1.96. The van der Waals surface area contributed by atoms with E-state index < -0.39 is 12.1 Å². The average molecular weight is 112 g/mol. The highest BCUT2D eigenvalue weighted by Crippen LogP contribution is 2.18. The molecule has 44 valence electrons. The van der Waals surface area contributed by atoms with Crippen LogP contribution in [-0.4, -0.2) is 12.1 Å². The molecular formula is C4H7F3. The summed E-state index contributed by atoms with van der Waals surface area (Å²) in [7, 11) is 0. The van der Waals surface area contributed by atoms with Crippen LogP contribution in [0.2, 0.25) is 0 Å². The molecule has 0 fully saturated rings. The zero-order valence-electron chi connectivity index (χ0n) is 4.21. The van der Waals surface area contributed by atoms with E-state index in [0.29, 0.717) is 6.92 Å². The standard InChI is InChI=1S/C4H7F3/c1-3(5)4(2,6)7/h3H,1-2H3/t3-/m1/s1. The molecule has 0 bridgehead atoms. The van der Waals surface area contributed by atoms with Gasteiger partial charge in [-0.15, -0.1) is 0 Å². The van der Waals surface area contributed by atoms with Crippen molar-refractivity contribution in [1.82, 2.24) is 0 Å². The topological polar surface area (TPSA) is 0 Å². The van der Waals surface area contributed by atoms with Crippen LogP contribution in [0, 0.1) is 0 Å². The van der Waals surface area contributed by atoms with E-state index in [1.165, 1.54) is 0 Å². The molecule has 0 saturated carbocycles. The van der Waals surface area contributed by atoms with Gasteiger partial charge in [0.15, 0.2) is 6.17 Å². The van der Waals surface area contributed by atoms with Crippen molar-refractivity contribution in [3.63, 3.8) is 0 Å². The lowest BCUT2D eigenvalue weighted by molar-refractivity contribution is -0.0469. The van der Waals surface area contributed by atoms with Crippen molar-refractivity contribution < 1.29 is 13.2 Å². The molecule has 0 heterocycles. The van der Waals surface area contributed by atoms with Crippen LogP contribution in [0.15, 0.2) is 0 Å². The van der Waals surface area contributed by atoms with Crippen molar-refractivity contribution in [1.29, 1.82) is 0 Å². The maximum atomic E-state index is 11.5. The quantitative estimate of drug-likeness (QED) is 0.486. The summed E-state index contributed by atoms with van der Waals surface area (Å²) in [6, 6.07) is 0. The van der Waals surface area contributed by atoms with Crippen LogP contribution in [0.5, 0.6) is 0 Å². The van der Waals surface area contributed by atoms with E-state index in [4.69, 9.17) is 0 Å². The van der Waals surface area contributed by atoms with Crippen LogP contribution in [0.1, 0.15) is 13.8 Å². The maximum absolute atomic E-state index is 11.5. The molecular weight excluding hydrogens is 105 g/mol. The second-order valence-electron chi connectivity index (χ2n) is 1.57. The normalized spacial score (nSPS) is 16.7. The second kappa shape index (κ2) is 1.72. The summed E-state index contributed by atoms with van der Waals surface area (Å²) in [6.45, 7) is 1.39. The Morgan fingerprint density at radius 3 is 1.57 bits per heavy atom. The van der Waals surface area contributed by atoms with Crippen LogP contribution in [0.3, 0.4) is 0 Å². The summed E-state index contributed by atoms with van der Waals surface area (Å²) in [5.41, 5.74) is 0. The fraction of sp³-hybridized carbons (Fsp3) is 1.00. The summed E-state index contributed by atoms with van der Waals surface area (Å²) in [5.74, 6) is -3.17. The smallest absolute Gasteiger partial charge is 0.241 e. The Balaban J connectivity index is 3.54. The summed E-state index contributed by atoms with van der Waals surface area (Å²) < 4.78 is 34.4. The Labute approximate surface area is 40.3 Å². The molecule has 0 aromatic rings. The molecule has 0 spiro atoms. The zero-order valence-corrected chi connectivity index (χ0v) is 4.21. The van der Waals surface area contributed by atoms with E-state index >= 15 is 0 Å². The van der Waals surface area contributed by atoms with E-state index in [-0.39, 0.29) is 0 Å². The van der Waals surface area contributed by atoms with E-state index in [1.807, 2.05) is 0 Å². The van der Waals surface area contributed by atoms with E-state index in [9.17, 15) is 13.2 Å². The molecule has 7 heavy (non-hydrogen) atoms. The minimum Gasteiger partial charge on any atom is -0.241 e. The van der Waals surface area contributed by atoms with E-state index in [1.54, 1.807) is 0 Å². The van der Waals surface area contributed by atoms with Crippen molar-refractivity contribution in [3.05, 3.63) is 0 Å². The van der Waals surface area contributed by atoms with Crippen LogP contribution in [-0.2, 0) is 0 Å². The first-order valence-electron chi connectivity index (χ1n) is 1.96. The van der Waals surface area contributed by atoms with Crippen molar-refractivity contribution in [2.24, 2.45) is 0 Å². The molecule has 0 N–H and O–H groups in total. The Kier molecular flexibility index (Phi) is 1.67. The minimum atomic E-state index is -3.17. The van der Waals surface area contributed by atoms with Gasteiger partial charge in [-0.1, -0.05) is 0 Å². The van der Waals surface area contributed by atoms with Crippen molar-refractivity contribution >= 4 is 0 Å². The van der Waals surface area contributed by atoms with Crippen molar-refractivity contribution in [2.45, 2.75) is 25.9 Å². The molecule has 0 aromatic heterocycles. The molecule has 3 heteroatoms. The van der Waals surface area contributed by atoms with Gasteiger partial charge < -0.3 is 0 Å². The fourth-order valence-electron chi connectivity index (χ4n) is 0. The zero-order chi connectivity index (χ0) is 6.08. The molecule has 0 aliphatic heterocycles. The monoisotopic (exact) mass is 112 g/mol. The molecule has 0 radical (unpaired) electrons. The Hall–Kier alpha value is -0.210. The first-order chi connectivity index (χ1) is 2.94. The minimum absolute atomic E-state index is 0.553. The van der Waals surface area contributed by atoms with Gasteiger partial charge >= 0.3 is 0 Å². The Morgan fingerprint density at radius 2 is 1.57 bits per heavy atom. The largest absolute Gasteiger partial charge is 0.275 e. The summed E-state index contributed by atoms with van der Waals surface area (Å²) in [6.07, 6.45) is -2.03. The highest BCUT2D eigenvalue weighted by Gasteiger charge is 2.29. The molecule has 0 aromatic carbocycles. The molecule has 0 amide bonds. The highest BCUT2D eigenvalue weighted by molar-refractivity contribution is 4.64. The van der Waals surface area contributed by atoms with Crippen molar-refractivity contribution in [2.75, 3.05) is 0 Å². The lowest BCUT2D eigenvalue weighted by Crippen LogP contribution is -2.21. The van der Waals surface area contributed by atoms with Gasteiger partial charge in [0.2, 0.25) is 0 Å². The maximum Gasteiger partial charge on any atom is 0.275 e. The second-order valence-corrected chi connectivity index (χ2v) is 1.57. The molecule has 0 unspecified atom stereocenters. The Morgan fingerprint density at radius 1 is 1.43 bits per heavy atom. The predicted octanol–water partition coefficient (Wildman–Crippen LogP) is 2.00. The molecule has 0 nitrogen and oxygen atoms in total. The lowest BCUT2D eigenvalue weighted by atomic mass is 10.3. The van der Waals surface area contributed by atoms with E-state index in [0.717, 1.165) is 6.92 Å². The van der Waals surface area contributed by atoms with Gasteiger partial charge in [0.05, 0.1) is 0 Å². The summed E-state index contributed by atoms with van der Waals surface area (Å²) in [4.78, 5) is 0. The number of halogens is 3.